The van der Waals surface area contributed by atoms with E-state index in [1.807, 2.05) is 0 Å². The van der Waals surface area contributed by atoms with E-state index in [2.05, 4.69) is 39.1 Å². The molecule has 0 amide bonds. The van der Waals surface area contributed by atoms with Crippen molar-refractivity contribution in [2.45, 2.75) is 13.0 Å². The Morgan fingerprint density at radius 1 is 0.958 bits per heavy atom. The van der Waals surface area contributed by atoms with Gasteiger partial charge in [0.15, 0.2) is 0 Å². The fourth-order valence-electron chi connectivity index (χ4n) is 2.90. The molecule has 1 aliphatic rings. The highest BCUT2D eigenvalue weighted by molar-refractivity contribution is 5.46. The summed E-state index contributed by atoms with van der Waals surface area (Å²) in [6.45, 7) is 1.71. The van der Waals surface area contributed by atoms with Crippen molar-refractivity contribution in [1.29, 1.82) is 0 Å². The van der Waals surface area contributed by atoms with Gasteiger partial charge >= 0.3 is 0 Å². The lowest BCUT2D eigenvalue weighted by Crippen LogP contribution is -2.30. The molecule has 4 nitrogen and oxygen atoms in total. The summed E-state index contributed by atoms with van der Waals surface area (Å²) in [5, 5.41) is 0. The van der Waals surface area contributed by atoms with Gasteiger partial charge in [0, 0.05) is 25.2 Å². The fraction of sp³-hybridized carbons (Fsp3) is 0.158. The number of anilines is 1. The molecule has 0 atom stereocenters. The van der Waals surface area contributed by atoms with Gasteiger partial charge in [0.05, 0.1) is 0 Å². The molecule has 0 spiro atoms. The monoisotopic (exact) mass is 321 g/mol. The average Bonchev–Trinajstić information content (AvgIpc) is 2.61. The number of nitrogens with zero attached hydrogens (tertiary/aromatic N) is 3. The lowest BCUT2D eigenvalue weighted by Gasteiger charge is -2.29. The number of halogens is 1. The quantitative estimate of drug-likeness (QED) is 0.731. The van der Waals surface area contributed by atoms with Crippen LogP contribution in [0.15, 0.2) is 60.9 Å². The van der Waals surface area contributed by atoms with Gasteiger partial charge in [0.25, 0.3) is 0 Å². The van der Waals surface area contributed by atoms with E-state index >= 15 is 0 Å². The van der Waals surface area contributed by atoms with Crippen LogP contribution in [0, 0.1) is 5.82 Å². The average molecular weight is 321 g/mol. The van der Waals surface area contributed by atoms with Crippen molar-refractivity contribution in [3.05, 3.63) is 77.9 Å². The van der Waals surface area contributed by atoms with E-state index in [-0.39, 0.29) is 5.82 Å². The Labute approximate surface area is 139 Å². The number of ether oxygens (including phenoxy) is 1. The molecule has 5 heteroatoms. The molecule has 0 saturated carbocycles. The predicted molar refractivity (Wildman–Crippen MR) is 89.7 cm³/mol. The highest BCUT2D eigenvalue weighted by atomic mass is 19.1. The first-order valence-electron chi connectivity index (χ1n) is 7.85. The third-order valence-corrected chi connectivity index (χ3v) is 4.10. The Kier molecular flexibility index (Phi) is 3.83. The SMILES string of the molecule is Fc1cccc(Oc2cc(N3CCc4ccccc4C3)ncn2)c1. The zero-order valence-corrected chi connectivity index (χ0v) is 13.0. The summed E-state index contributed by atoms with van der Waals surface area (Å²) in [5.41, 5.74) is 2.70. The summed E-state index contributed by atoms with van der Waals surface area (Å²) >= 11 is 0. The Bertz CT molecular complexity index is 868. The summed E-state index contributed by atoms with van der Waals surface area (Å²) in [7, 11) is 0. The summed E-state index contributed by atoms with van der Waals surface area (Å²) < 4.78 is 18.9. The van der Waals surface area contributed by atoms with Gasteiger partial charge in [-0.2, -0.15) is 0 Å². The second kappa shape index (κ2) is 6.28. The molecular weight excluding hydrogens is 305 g/mol. The van der Waals surface area contributed by atoms with Crippen molar-refractivity contribution < 1.29 is 9.13 Å². The van der Waals surface area contributed by atoms with Crippen LogP contribution in [0.4, 0.5) is 10.2 Å². The molecular formula is C19H16FN3O. The van der Waals surface area contributed by atoms with Crippen LogP contribution in [0.2, 0.25) is 0 Å². The summed E-state index contributed by atoms with van der Waals surface area (Å²) in [6, 6.07) is 16.3. The van der Waals surface area contributed by atoms with E-state index in [0.717, 1.165) is 25.3 Å². The van der Waals surface area contributed by atoms with E-state index in [0.29, 0.717) is 11.6 Å². The van der Waals surface area contributed by atoms with E-state index in [9.17, 15) is 4.39 Å². The van der Waals surface area contributed by atoms with Gasteiger partial charge in [-0.05, 0) is 29.7 Å². The zero-order chi connectivity index (χ0) is 16.4. The lowest BCUT2D eigenvalue weighted by molar-refractivity contribution is 0.456. The third-order valence-electron chi connectivity index (χ3n) is 4.10. The molecule has 120 valence electrons. The van der Waals surface area contributed by atoms with Crippen molar-refractivity contribution in [2.75, 3.05) is 11.4 Å². The van der Waals surface area contributed by atoms with Gasteiger partial charge < -0.3 is 9.64 Å². The largest absolute Gasteiger partial charge is 0.439 e. The molecule has 3 aromatic rings. The maximum atomic E-state index is 13.3. The van der Waals surface area contributed by atoms with Gasteiger partial charge in [-0.1, -0.05) is 30.3 Å². The molecule has 2 heterocycles. The maximum absolute atomic E-state index is 13.3. The second-order valence-electron chi connectivity index (χ2n) is 5.71. The third kappa shape index (κ3) is 3.06. The number of benzene rings is 2. The summed E-state index contributed by atoms with van der Waals surface area (Å²) in [4.78, 5) is 10.7. The van der Waals surface area contributed by atoms with Crippen LogP contribution in [-0.2, 0) is 13.0 Å². The molecule has 1 aliphatic heterocycles. The van der Waals surface area contributed by atoms with Gasteiger partial charge in [-0.15, -0.1) is 0 Å². The van der Waals surface area contributed by atoms with Gasteiger partial charge in [-0.25, -0.2) is 14.4 Å². The minimum absolute atomic E-state index is 0.339. The Hall–Kier alpha value is -2.95. The molecule has 0 saturated heterocycles. The van der Waals surface area contributed by atoms with Crippen molar-refractivity contribution in [3.8, 4) is 11.6 Å². The zero-order valence-electron chi connectivity index (χ0n) is 13.0. The van der Waals surface area contributed by atoms with Crippen LogP contribution in [-0.4, -0.2) is 16.5 Å². The van der Waals surface area contributed by atoms with Gasteiger partial charge in [0.1, 0.15) is 23.7 Å². The molecule has 0 bridgehead atoms. The smallest absolute Gasteiger partial charge is 0.224 e. The van der Waals surface area contributed by atoms with Crippen molar-refractivity contribution in [2.24, 2.45) is 0 Å². The van der Waals surface area contributed by atoms with Crippen molar-refractivity contribution in [3.63, 3.8) is 0 Å². The second-order valence-corrected chi connectivity index (χ2v) is 5.71. The number of rotatable bonds is 3. The van der Waals surface area contributed by atoms with Crippen molar-refractivity contribution in [1.82, 2.24) is 9.97 Å². The van der Waals surface area contributed by atoms with Crippen LogP contribution in [0.25, 0.3) is 0 Å². The molecule has 0 N–H and O–H groups in total. The molecule has 0 radical (unpaired) electrons. The fourth-order valence-corrected chi connectivity index (χ4v) is 2.90. The summed E-state index contributed by atoms with van der Waals surface area (Å²) in [5.74, 6) is 1.30. The molecule has 0 unspecified atom stereocenters. The summed E-state index contributed by atoms with van der Waals surface area (Å²) in [6.07, 6.45) is 2.46. The highest BCUT2D eigenvalue weighted by Crippen LogP contribution is 2.26. The Morgan fingerprint density at radius 3 is 2.71 bits per heavy atom. The Balaban J connectivity index is 1.55. The minimum Gasteiger partial charge on any atom is -0.439 e. The van der Waals surface area contributed by atoms with E-state index in [1.165, 1.54) is 29.6 Å². The standard InChI is InChI=1S/C19H16FN3O/c20-16-6-3-7-17(10-16)24-19-11-18(21-13-22-19)23-9-8-14-4-1-2-5-15(14)12-23/h1-7,10-11,13H,8-9,12H2. The van der Waals surface area contributed by atoms with Crippen LogP contribution >= 0.6 is 0 Å². The highest BCUT2D eigenvalue weighted by Gasteiger charge is 2.17. The molecule has 0 fully saturated rings. The Morgan fingerprint density at radius 2 is 1.83 bits per heavy atom. The minimum atomic E-state index is -0.339. The number of hydrogen-bond donors (Lipinski definition) is 0. The molecule has 1 aromatic heterocycles. The molecule has 24 heavy (non-hydrogen) atoms. The van der Waals surface area contributed by atoms with Gasteiger partial charge in [0.2, 0.25) is 5.88 Å². The first kappa shape index (κ1) is 14.6. The van der Waals surface area contributed by atoms with Gasteiger partial charge in [-0.3, -0.25) is 0 Å². The van der Waals surface area contributed by atoms with Crippen LogP contribution in [0.1, 0.15) is 11.1 Å². The predicted octanol–water partition coefficient (Wildman–Crippen LogP) is 3.97. The number of hydrogen-bond acceptors (Lipinski definition) is 4. The van der Waals surface area contributed by atoms with E-state index < -0.39 is 0 Å². The number of fused-ring (bicyclic) bond motifs is 1. The first-order chi connectivity index (χ1) is 11.8. The number of aromatic nitrogens is 2. The van der Waals surface area contributed by atoms with Crippen molar-refractivity contribution >= 4 is 5.82 Å². The van der Waals surface area contributed by atoms with Crippen LogP contribution in [0.3, 0.4) is 0 Å². The maximum Gasteiger partial charge on any atom is 0.224 e. The van der Waals surface area contributed by atoms with Crippen LogP contribution < -0.4 is 9.64 Å². The lowest BCUT2D eigenvalue weighted by atomic mass is 10.00. The van der Waals surface area contributed by atoms with E-state index in [4.69, 9.17) is 4.74 Å². The molecule has 0 aliphatic carbocycles. The first-order valence-corrected chi connectivity index (χ1v) is 7.85. The topological polar surface area (TPSA) is 38.2 Å². The molecule has 4 rings (SSSR count). The van der Waals surface area contributed by atoms with E-state index in [1.54, 1.807) is 18.2 Å². The molecule has 2 aromatic carbocycles. The van der Waals surface area contributed by atoms with Crippen LogP contribution in [0.5, 0.6) is 11.6 Å². The normalized spacial score (nSPS) is 13.5.